The summed E-state index contributed by atoms with van der Waals surface area (Å²) in [6.07, 6.45) is 0.192. The van der Waals surface area contributed by atoms with Gasteiger partial charge in [0.2, 0.25) is 6.29 Å². The summed E-state index contributed by atoms with van der Waals surface area (Å²) in [5.41, 5.74) is 0.706. The number of aliphatic hydroxyl groups is 4. The van der Waals surface area contributed by atoms with Gasteiger partial charge >= 0.3 is 10.4 Å². The number of unbranched alkanes of at least 4 members (excludes halogenated alkanes) is 6. The van der Waals surface area contributed by atoms with E-state index in [0.717, 1.165) is 19.3 Å². The van der Waals surface area contributed by atoms with E-state index >= 15 is 0 Å². The molecule has 0 unspecified atom stereocenters. The number of ether oxygens (including phenoxy) is 1. The summed E-state index contributed by atoms with van der Waals surface area (Å²) < 4.78 is 39.7. The first-order valence-corrected chi connectivity index (χ1v) is 12.1. The van der Waals surface area contributed by atoms with Crippen LogP contribution in [0.3, 0.4) is 0 Å². The highest BCUT2D eigenvalue weighted by molar-refractivity contribution is 7.82. The van der Waals surface area contributed by atoms with Gasteiger partial charge in [-0.1, -0.05) is 63.6 Å². The third-order valence-electron chi connectivity index (χ3n) is 5.28. The molecule has 0 aliphatic carbocycles. The second kappa shape index (κ2) is 12.7. The Bertz CT molecular complexity index is 753. The summed E-state index contributed by atoms with van der Waals surface area (Å²) in [6.45, 7) is 1.47. The SMILES string of the molecule is CCCCCCCCCc1ccccc1OS(=O)(=O)O[C@@H]1O[C@H](CO)[C@@H](O)[C@H](O)[C@H]1O. The molecule has 1 aliphatic rings. The first-order chi connectivity index (χ1) is 14.8. The molecular formula is C21H34O9S. The van der Waals surface area contributed by atoms with Gasteiger partial charge in [-0.05, 0) is 24.5 Å². The Balaban J connectivity index is 1.94. The second-order valence-electron chi connectivity index (χ2n) is 7.76. The van der Waals surface area contributed by atoms with E-state index in [9.17, 15) is 28.8 Å². The van der Waals surface area contributed by atoms with Crippen LogP contribution < -0.4 is 4.18 Å². The maximum absolute atomic E-state index is 12.4. The van der Waals surface area contributed by atoms with Crippen molar-refractivity contribution in [3.05, 3.63) is 29.8 Å². The molecule has 5 atom stereocenters. The Hall–Kier alpha value is -1.27. The van der Waals surface area contributed by atoms with Crippen molar-refractivity contribution in [2.45, 2.75) is 89.0 Å². The summed E-state index contributed by atoms with van der Waals surface area (Å²) in [5, 5.41) is 38.7. The van der Waals surface area contributed by atoms with Gasteiger partial charge < -0.3 is 29.3 Å². The van der Waals surface area contributed by atoms with E-state index in [2.05, 4.69) is 6.92 Å². The lowest BCUT2D eigenvalue weighted by molar-refractivity contribution is -0.277. The highest BCUT2D eigenvalue weighted by Gasteiger charge is 2.46. The number of hydrogen-bond acceptors (Lipinski definition) is 9. The first-order valence-electron chi connectivity index (χ1n) is 10.8. The molecular weight excluding hydrogens is 428 g/mol. The first kappa shape index (κ1) is 26.0. The van der Waals surface area contributed by atoms with Gasteiger partial charge in [0.25, 0.3) is 0 Å². The Morgan fingerprint density at radius 2 is 1.58 bits per heavy atom. The van der Waals surface area contributed by atoms with Gasteiger partial charge in [-0.2, -0.15) is 8.42 Å². The monoisotopic (exact) mass is 462 g/mol. The fourth-order valence-corrected chi connectivity index (χ4v) is 4.27. The van der Waals surface area contributed by atoms with Gasteiger partial charge in [-0.15, -0.1) is 0 Å². The number of para-hydroxylation sites is 1. The van der Waals surface area contributed by atoms with Crippen LogP contribution in [0, 0.1) is 0 Å². The molecule has 0 radical (unpaired) electrons. The molecule has 2 rings (SSSR count). The number of benzene rings is 1. The largest absolute Gasteiger partial charge is 0.451 e. The van der Waals surface area contributed by atoms with Crippen LogP contribution in [0.1, 0.15) is 57.4 Å². The lowest BCUT2D eigenvalue weighted by Gasteiger charge is -2.38. The molecule has 0 amide bonds. The minimum Gasteiger partial charge on any atom is -0.394 e. The standard InChI is InChI=1S/C21H34O9S/c1-2-3-4-5-6-7-8-11-15-12-9-10-13-16(15)29-31(26,27)30-21-20(25)19(24)18(23)17(14-22)28-21/h9-10,12-13,17-25H,2-8,11,14H2,1H3/t17-,18-,19+,20-,21+/m1/s1. The third kappa shape index (κ3) is 7.98. The third-order valence-corrected chi connectivity index (χ3v) is 6.08. The van der Waals surface area contributed by atoms with E-state index in [-0.39, 0.29) is 5.75 Å². The number of rotatable bonds is 13. The van der Waals surface area contributed by atoms with E-state index < -0.39 is 47.7 Å². The molecule has 0 spiro atoms. The normalized spacial score (nSPS) is 26.7. The van der Waals surface area contributed by atoms with Crippen molar-refractivity contribution in [2.75, 3.05) is 6.61 Å². The average molecular weight is 463 g/mol. The number of aliphatic hydroxyl groups excluding tert-OH is 4. The zero-order valence-electron chi connectivity index (χ0n) is 17.8. The van der Waals surface area contributed by atoms with Gasteiger partial charge in [0.05, 0.1) is 6.61 Å². The predicted molar refractivity (Wildman–Crippen MR) is 113 cm³/mol. The van der Waals surface area contributed by atoms with Crippen LogP contribution in [-0.4, -0.2) is 66.2 Å². The van der Waals surface area contributed by atoms with Crippen LogP contribution in [0.2, 0.25) is 0 Å². The summed E-state index contributed by atoms with van der Waals surface area (Å²) in [5.74, 6) is 0.109. The van der Waals surface area contributed by atoms with E-state index in [0.29, 0.717) is 12.0 Å². The minimum atomic E-state index is -4.67. The van der Waals surface area contributed by atoms with Crippen molar-refractivity contribution in [2.24, 2.45) is 0 Å². The van der Waals surface area contributed by atoms with Gasteiger partial charge in [0.1, 0.15) is 30.2 Å². The van der Waals surface area contributed by atoms with Crippen molar-refractivity contribution >= 4 is 10.4 Å². The lowest BCUT2D eigenvalue weighted by Crippen LogP contribution is -2.59. The smallest absolute Gasteiger partial charge is 0.394 e. The second-order valence-corrected chi connectivity index (χ2v) is 8.94. The molecule has 4 N–H and O–H groups in total. The van der Waals surface area contributed by atoms with Crippen LogP contribution in [0.5, 0.6) is 5.75 Å². The number of aryl methyl sites for hydroxylation is 1. The number of hydrogen-bond donors (Lipinski definition) is 4. The van der Waals surface area contributed by atoms with Crippen LogP contribution >= 0.6 is 0 Å². The Morgan fingerprint density at radius 1 is 0.935 bits per heavy atom. The van der Waals surface area contributed by atoms with Crippen molar-refractivity contribution < 1.29 is 41.9 Å². The minimum absolute atomic E-state index is 0.109. The molecule has 0 saturated carbocycles. The Labute approximate surface area is 183 Å². The molecule has 1 heterocycles. The maximum atomic E-state index is 12.4. The van der Waals surface area contributed by atoms with Crippen LogP contribution in [0.4, 0.5) is 0 Å². The average Bonchev–Trinajstić information content (AvgIpc) is 2.74. The van der Waals surface area contributed by atoms with Crippen molar-refractivity contribution in [3.63, 3.8) is 0 Å². The Morgan fingerprint density at radius 3 is 2.26 bits per heavy atom. The fourth-order valence-electron chi connectivity index (χ4n) is 3.46. The van der Waals surface area contributed by atoms with Gasteiger partial charge in [0, 0.05) is 0 Å². The quantitative estimate of drug-likeness (QED) is 0.320. The molecule has 10 heteroatoms. The van der Waals surface area contributed by atoms with E-state index in [1.807, 2.05) is 0 Å². The highest BCUT2D eigenvalue weighted by atomic mass is 32.3. The zero-order chi connectivity index (χ0) is 22.9. The molecule has 1 saturated heterocycles. The van der Waals surface area contributed by atoms with Crippen LogP contribution in [-0.2, 0) is 25.7 Å². The molecule has 0 aromatic heterocycles. The van der Waals surface area contributed by atoms with Crippen molar-refractivity contribution in [3.8, 4) is 5.75 Å². The molecule has 178 valence electrons. The van der Waals surface area contributed by atoms with E-state index in [1.165, 1.54) is 31.7 Å². The lowest BCUT2D eigenvalue weighted by atomic mass is 10.00. The zero-order valence-corrected chi connectivity index (χ0v) is 18.6. The molecule has 9 nitrogen and oxygen atoms in total. The van der Waals surface area contributed by atoms with Gasteiger partial charge in [-0.25, -0.2) is 4.18 Å². The van der Waals surface area contributed by atoms with Crippen molar-refractivity contribution in [1.29, 1.82) is 0 Å². The summed E-state index contributed by atoms with van der Waals surface area (Å²) in [6, 6.07) is 6.70. The van der Waals surface area contributed by atoms with Crippen LogP contribution in [0.25, 0.3) is 0 Å². The van der Waals surface area contributed by atoms with Crippen LogP contribution in [0.15, 0.2) is 24.3 Å². The van der Waals surface area contributed by atoms with E-state index in [1.54, 1.807) is 18.2 Å². The van der Waals surface area contributed by atoms with Gasteiger partial charge in [0.15, 0.2) is 0 Å². The molecule has 1 fully saturated rings. The van der Waals surface area contributed by atoms with E-state index in [4.69, 9.17) is 13.1 Å². The topological polar surface area (TPSA) is 143 Å². The molecule has 0 bridgehead atoms. The van der Waals surface area contributed by atoms with Crippen molar-refractivity contribution in [1.82, 2.24) is 0 Å². The highest BCUT2D eigenvalue weighted by Crippen LogP contribution is 2.26. The molecule has 31 heavy (non-hydrogen) atoms. The maximum Gasteiger partial charge on any atom is 0.451 e. The summed E-state index contributed by atoms with van der Waals surface area (Å²) in [7, 11) is -4.67. The summed E-state index contributed by atoms with van der Waals surface area (Å²) in [4.78, 5) is 0. The Kier molecular flexibility index (Phi) is 10.6. The molecule has 1 aromatic rings. The van der Waals surface area contributed by atoms with Gasteiger partial charge in [-0.3, -0.25) is 0 Å². The summed E-state index contributed by atoms with van der Waals surface area (Å²) >= 11 is 0. The molecule has 1 aliphatic heterocycles. The fraction of sp³-hybridized carbons (Fsp3) is 0.714. The molecule has 1 aromatic carbocycles. The predicted octanol–water partition coefficient (Wildman–Crippen LogP) is 1.42.